The smallest absolute Gasteiger partial charge is 0.522 e. The van der Waals surface area contributed by atoms with Crippen molar-refractivity contribution in [2.45, 2.75) is 37.3 Å². The highest BCUT2D eigenvalue weighted by molar-refractivity contribution is 8.16. The summed E-state index contributed by atoms with van der Waals surface area (Å²) in [5, 5.41) is 17.2. The number of nitrogens with zero attached hydrogens (tertiary/aromatic N) is 2. The molecule has 0 aromatic heterocycles. The number of rotatable bonds is 4. The Hall–Kier alpha value is -2.97. The molecule has 1 fully saturated rings. The first kappa shape index (κ1) is 29.0. The largest absolute Gasteiger partial charge is 0.615 e. The van der Waals surface area contributed by atoms with Crippen molar-refractivity contribution in [2.75, 3.05) is 5.75 Å². The Bertz CT molecular complexity index is 1410. The van der Waals surface area contributed by atoms with Crippen LogP contribution in [-0.2, 0) is 15.2 Å². The van der Waals surface area contributed by atoms with E-state index >= 15 is 0 Å². The van der Waals surface area contributed by atoms with Gasteiger partial charge in [-0.05, 0) is 48.4 Å². The standard InChI is InChI=1S/C23H15Cl2F6N3O4S/c1-10-4-11(16-8-21(38-33-16,23(29,30)31)12-5-13(24)7-14(25)6-12)2-3-15(10)18(35)32-17-9-39-19(17)34(37)20(36)22(26,27)28/h2-7,17H,8-9H2,1H3,(H,32,35)/b34-19-. The number of amides is 2. The first-order valence-corrected chi connectivity index (χ1v) is 12.6. The fourth-order valence-corrected chi connectivity index (χ4v) is 5.29. The van der Waals surface area contributed by atoms with Crippen LogP contribution in [0, 0.1) is 12.1 Å². The average Bonchev–Trinajstić information content (AvgIpc) is 3.27. The predicted octanol–water partition coefficient (Wildman–Crippen LogP) is 5.73. The number of hydrogen-bond donors (Lipinski definition) is 1. The van der Waals surface area contributed by atoms with E-state index in [1.807, 2.05) is 0 Å². The molecule has 2 atom stereocenters. The third-order valence-corrected chi connectivity index (χ3v) is 7.63. The van der Waals surface area contributed by atoms with E-state index in [0.717, 1.165) is 12.1 Å². The average molecular weight is 614 g/mol. The molecular formula is C23H15Cl2F6N3O4S. The van der Waals surface area contributed by atoms with Gasteiger partial charge in [-0.2, -0.15) is 26.3 Å². The van der Waals surface area contributed by atoms with Gasteiger partial charge in [-0.25, -0.2) is 4.79 Å². The number of thioether (sulfide) groups is 1. The molecule has 2 heterocycles. The van der Waals surface area contributed by atoms with Crippen LogP contribution >= 0.6 is 35.0 Å². The Morgan fingerprint density at radius 3 is 2.28 bits per heavy atom. The van der Waals surface area contributed by atoms with Gasteiger partial charge in [0.2, 0.25) is 0 Å². The fourth-order valence-electron chi connectivity index (χ4n) is 3.94. The molecule has 0 bridgehead atoms. The zero-order chi connectivity index (χ0) is 28.9. The van der Waals surface area contributed by atoms with Gasteiger partial charge >= 0.3 is 18.3 Å². The molecule has 2 aromatic carbocycles. The minimum Gasteiger partial charge on any atom is -0.615 e. The number of benzene rings is 2. The topological polar surface area (TPSA) is 93.8 Å². The molecule has 0 saturated carbocycles. The monoisotopic (exact) mass is 613 g/mol. The van der Waals surface area contributed by atoms with E-state index < -0.39 is 52.0 Å². The Kier molecular flexibility index (Phi) is 7.60. The summed E-state index contributed by atoms with van der Waals surface area (Å²) in [7, 11) is 0. The van der Waals surface area contributed by atoms with Crippen molar-refractivity contribution in [2.24, 2.45) is 5.16 Å². The number of oxime groups is 1. The van der Waals surface area contributed by atoms with Gasteiger partial charge in [0.05, 0.1) is 5.71 Å². The number of hydroxylamine groups is 1. The Labute approximate surface area is 230 Å². The summed E-state index contributed by atoms with van der Waals surface area (Å²) in [4.78, 5) is 28.9. The summed E-state index contributed by atoms with van der Waals surface area (Å²) in [6, 6.07) is 6.31. The van der Waals surface area contributed by atoms with E-state index in [0.29, 0.717) is 17.3 Å². The summed E-state index contributed by atoms with van der Waals surface area (Å²) >= 11 is 12.5. The third kappa shape index (κ3) is 5.54. The van der Waals surface area contributed by atoms with Crippen LogP contribution in [0.4, 0.5) is 26.3 Å². The van der Waals surface area contributed by atoms with Crippen molar-refractivity contribution in [3.8, 4) is 0 Å². The van der Waals surface area contributed by atoms with Crippen molar-refractivity contribution in [1.82, 2.24) is 5.32 Å². The number of alkyl halides is 6. The zero-order valence-corrected chi connectivity index (χ0v) is 21.7. The molecule has 39 heavy (non-hydrogen) atoms. The molecule has 1 N–H and O–H groups in total. The zero-order valence-electron chi connectivity index (χ0n) is 19.4. The van der Waals surface area contributed by atoms with Crippen LogP contribution in [0.25, 0.3) is 0 Å². The number of carbonyl (C=O) groups is 2. The molecule has 2 amide bonds. The molecule has 16 heteroatoms. The van der Waals surface area contributed by atoms with Gasteiger partial charge in [0, 0.05) is 33.3 Å². The Balaban J connectivity index is 1.54. The lowest BCUT2D eigenvalue weighted by Crippen LogP contribution is -2.52. The molecular weight excluding hydrogens is 599 g/mol. The maximum absolute atomic E-state index is 14.2. The number of carbonyl (C=O) groups excluding carboxylic acids is 2. The molecule has 0 spiro atoms. The van der Waals surface area contributed by atoms with Gasteiger partial charge in [0.1, 0.15) is 6.04 Å². The second-order valence-corrected chi connectivity index (χ2v) is 10.5. The Morgan fingerprint density at radius 1 is 1.13 bits per heavy atom. The van der Waals surface area contributed by atoms with Crippen LogP contribution in [0.2, 0.25) is 10.0 Å². The van der Waals surface area contributed by atoms with E-state index in [9.17, 15) is 41.1 Å². The minimum atomic E-state index is -5.37. The molecule has 2 aliphatic rings. The van der Waals surface area contributed by atoms with Gasteiger partial charge in [-0.15, -0.1) is 4.74 Å². The summed E-state index contributed by atoms with van der Waals surface area (Å²) in [6.45, 7) is 1.48. The second-order valence-electron chi connectivity index (χ2n) is 8.59. The minimum absolute atomic E-state index is 0.0301. The Morgan fingerprint density at radius 2 is 1.77 bits per heavy atom. The highest BCUT2D eigenvalue weighted by atomic mass is 35.5. The fraction of sp³-hybridized carbons (Fsp3) is 0.304. The summed E-state index contributed by atoms with van der Waals surface area (Å²) in [5.41, 5.74) is -2.72. The number of aryl methyl sites for hydroxylation is 1. The number of halogens is 8. The molecule has 7 nitrogen and oxygen atoms in total. The van der Waals surface area contributed by atoms with Crippen molar-refractivity contribution in [3.05, 3.63) is 73.9 Å². The second kappa shape index (κ2) is 10.2. The van der Waals surface area contributed by atoms with Crippen LogP contribution in [0.15, 0.2) is 41.6 Å². The highest BCUT2D eigenvalue weighted by Crippen LogP contribution is 2.49. The number of hydrogen-bond acceptors (Lipinski definition) is 6. The predicted molar refractivity (Wildman–Crippen MR) is 131 cm³/mol. The number of nitrogens with one attached hydrogen (secondary N) is 1. The third-order valence-electron chi connectivity index (χ3n) is 5.95. The van der Waals surface area contributed by atoms with Crippen molar-refractivity contribution >= 4 is 57.5 Å². The van der Waals surface area contributed by atoms with Crippen LogP contribution in [0.5, 0.6) is 0 Å². The highest BCUT2D eigenvalue weighted by Gasteiger charge is 2.62. The molecule has 2 aliphatic heterocycles. The van der Waals surface area contributed by atoms with Crippen molar-refractivity contribution < 1.29 is 45.5 Å². The maximum Gasteiger partial charge on any atom is 0.522 e. The molecule has 4 rings (SSSR count). The van der Waals surface area contributed by atoms with Crippen LogP contribution in [0.3, 0.4) is 0 Å². The first-order chi connectivity index (χ1) is 18.0. The van der Waals surface area contributed by atoms with Gasteiger partial charge in [0.25, 0.3) is 16.6 Å². The lowest BCUT2D eigenvalue weighted by atomic mass is 9.86. The SMILES string of the molecule is Cc1cc(C2=NOC(c3cc(Cl)cc(Cl)c3)(C(F)(F)F)C2)ccc1C(=O)NC1CS/C1=[N+](\[O-])C(=O)C(F)(F)F. The molecule has 2 unspecified atom stereocenters. The van der Waals surface area contributed by atoms with E-state index in [-0.39, 0.29) is 38.2 Å². The van der Waals surface area contributed by atoms with Gasteiger partial charge in [-0.3, -0.25) is 4.79 Å². The van der Waals surface area contributed by atoms with Crippen LogP contribution in [0.1, 0.15) is 33.5 Å². The lowest BCUT2D eigenvalue weighted by Gasteiger charge is -2.29. The van der Waals surface area contributed by atoms with E-state index in [2.05, 4.69) is 10.5 Å². The summed E-state index contributed by atoms with van der Waals surface area (Å²) in [6.07, 6.45) is -11.0. The molecule has 0 radical (unpaired) electrons. The normalized spacial score (nSPS) is 22.5. The quantitative estimate of drug-likeness (QED) is 0.206. The van der Waals surface area contributed by atoms with Crippen LogP contribution < -0.4 is 5.32 Å². The van der Waals surface area contributed by atoms with E-state index in [4.69, 9.17) is 28.0 Å². The van der Waals surface area contributed by atoms with Gasteiger partial charge in [-0.1, -0.05) is 46.2 Å². The molecule has 0 aliphatic carbocycles. The molecule has 208 valence electrons. The van der Waals surface area contributed by atoms with Gasteiger partial charge < -0.3 is 15.4 Å². The summed E-state index contributed by atoms with van der Waals surface area (Å²) in [5.74, 6) is -3.32. The van der Waals surface area contributed by atoms with Gasteiger partial charge in [0.15, 0.2) is 0 Å². The van der Waals surface area contributed by atoms with Crippen molar-refractivity contribution in [1.29, 1.82) is 0 Å². The van der Waals surface area contributed by atoms with E-state index in [1.54, 1.807) is 0 Å². The van der Waals surface area contributed by atoms with E-state index in [1.165, 1.54) is 31.2 Å². The lowest BCUT2D eigenvalue weighted by molar-refractivity contribution is -0.408. The van der Waals surface area contributed by atoms with Crippen molar-refractivity contribution in [3.63, 3.8) is 0 Å². The first-order valence-electron chi connectivity index (χ1n) is 10.8. The molecule has 2 aromatic rings. The van der Waals surface area contributed by atoms with Crippen LogP contribution in [-0.4, -0.2) is 51.5 Å². The maximum atomic E-state index is 14.2. The molecule has 1 saturated heterocycles. The summed E-state index contributed by atoms with van der Waals surface area (Å²) < 4.78 is 79.5.